The SMILES string of the molecule is CCC1CCCC1N1Cc2ccccc2C(C(=O)O)C1. The number of benzene rings is 1. The van der Waals surface area contributed by atoms with Gasteiger partial charge in [0.1, 0.15) is 0 Å². The van der Waals surface area contributed by atoms with Crippen LogP contribution in [0.4, 0.5) is 0 Å². The lowest BCUT2D eigenvalue weighted by Crippen LogP contribution is -2.44. The summed E-state index contributed by atoms with van der Waals surface area (Å²) in [7, 11) is 0. The van der Waals surface area contributed by atoms with E-state index in [2.05, 4.69) is 17.9 Å². The smallest absolute Gasteiger partial charge is 0.312 e. The molecule has 0 spiro atoms. The third-order valence-corrected chi connectivity index (χ3v) is 5.13. The van der Waals surface area contributed by atoms with E-state index in [9.17, 15) is 9.90 Å². The van der Waals surface area contributed by atoms with Crippen molar-refractivity contribution >= 4 is 5.97 Å². The topological polar surface area (TPSA) is 40.5 Å². The molecular weight excluding hydrogens is 250 g/mol. The molecule has 0 amide bonds. The maximum absolute atomic E-state index is 11.6. The van der Waals surface area contributed by atoms with Gasteiger partial charge in [-0.2, -0.15) is 0 Å². The van der Waals surface area contributed by atoms with Gasteiger partial charge in [-0.15, -0.1) is 0 Å². The summed E-state index contributed by atoms with van der Waals surface area (Å²) in [6.45, 7) is 3.85. The average molecular weight is 273 g/mol. The fraction of sp³-hybridized carbons (Fsp3) is 0.588. The predicted octanol–water partition coefficient (Wildman–Crippen LogP) is 3.25. The molecule has 1 aliphatic carbocycles. The number of hydrogen-bond donors (Lipinski definition) is 1. The average Bonchev–Trinajstić information content (AvgIpc) is 2.94. The molecular formula is C17H23NO2. The van der Waals surface area contributed by atoms with Crippen molar-refractivity contribution in [1.82, 2.24) is 4.90 Å². The normalized spacial score (nSPS) is 30.1. The van der Waals surface area contributed by atoms with Crippen LogP contribution in [0.3, 0.4) is 0 Å². The molecule has 1 heterocycles. The number of carbonyl (C=O) groups is 1. The van der Waals surface area contributed by atoms with Gasteiger partial charge in [-0.25, -0.2) is 0 Å². The summed E-state index contributed by atoms with van der Waals surface area (Å²) in [4.78, 5) is 14.0. The third kappa shape index (κ3) is 2.35. The van der Waals surface area contributed by atoms with Crippen LogP contribution in [0.2, 0.25) is 0 Å². The maximum Gasteiger partial charge on any atom is 0.312 e. The zero-order valence-corrected chi connectivity index (χ0v) is 12.1. The van der Waals surface area contributed by atoms with E-state index < -0.39 is 5.97 Å². The van der Waals surface area contributed by atoms with E-state index in [1.54, 1.807) is 0 Å². The third-order valence-electron chi connectivity index (χ3n) is 5.13. The molecule has 1 aliphatic heterocycles. The summed E-state index contributed by atoms with van der Waals surface area (Å²) in [6.07, 6.45) is 5.03. The van der Waals surface area contributed by atoms with E-state index in [0.29, 0.717) is 12.6 Å². The number of carboxylic acids is 1. The number of aliphatic carboxylic acids is 1. The molecule has 20 heavy (non-hydrogen) atoms. The number of rotatable bonds is 3. The first kappa shape index (κ1) is 13.6. The lowest BCUT2D eigenvalue weighted by atomic mass is 9.87. The van der Waals surface area contributed by atoms with Gasteiger partial charge in [0.25, 0.3) is 0 Å². The number of nitrogens with zero attached hydrogens (tertiary/aromatic N) is 1. The van der Waals surface area contributed by atoms with E-state index in [4.69, 9.17) is 0 Å². The van der Waals surface area contributed by atoms with Crippen LogP contribution in [-0.4, -0.2) is 28.6 Å². The van der Waals surface area contributed by atoms with Crippen LogP contribution in [0.1, 0.15) is 49.7 Å². The summed E-state index contributed by atoms with van der Waals surface area (Å²) in [5.74, 6) is -0.305. The Hall–Kier alpha value is -1.35. The van der Waals surface area contributed by atoms with E-state index in [1.165, 1.54) is 31.2 Å². The molecule has 0 bridgehead atoms. The summed E-state index contributed by atoms with van der Waals surface area (Å²) >= 11 is 0. The predicted molar refractivity (Wildman–Crippen MR) is 78.6 cm³/mol. The highest BCUT2D eigenvalue weighted by atomic mass is 16.4. The van der Waals surface area contributed by atoms with Crippen LogP contribution in [-0.2, 0) is 11.3 Å². The van der Waals surface area contributed by atoms with Crippen molar-refractivity contribution in [2.75, 3.05) is 6.54 Å². The molecule has 3 nitrogen and oxygen atoms in total. The molecule has 2 aliphatic rings. The molecule has 3 atom stereocenters. The molecule has 3 rings (SSSR count). The van der Waals surface area contributed by atoms with Crippen molar-refractivity contribution < 1.29 is 9.90 Å². The Kier molecular flexibility index (Phi) is 3.79. The second kappa shape index (κ2) is 5.57. The Morgan fingerprint density at radius 1 is 1.35 bits per heavy atom. The minimum atomic E-state index is -0.687. The molecule has 1 N–H and O–H groups in total. The van der Waals surface area contributed by atoms with Crippen LogP contribution < -0.4 is 0 Å². The summed E-state index contributed by atoms with van der Waals surface area (Å²) in [5.41, 5.74) is 2.22. The molecule has 1 aromatic carbocycles. The summed E-state index contributed by atoms with van der Waals surface area (Å²) < 4.78 is 0. The van der Waals surface area contributed by atoms with E-state index >= 15 is 0 Å². The second-order valence-corrected chi connectivity index (χ2v) is 6.19. The lowest BCUT2D eigenvalue weighted by Gasteiger charge is -2.39. The van der Waals surface area contributed by atoms with Crippen molar-refractivity contribution in [2.24, 2.45) is 5.92 Å². The number of fused-ring (bicyclic) bond motifs is 1. The molecule has 108 valence electrons. The van der Waals surface area contributed by atoms with Crippen LogP contribution >= 0.6 is 0 Å². The van der Waals surface area contributed by atoms with Crippen molar-refractivity contribution in [2.45, 2.75) is 51.1 Å². The molecule has 1 saturated carbocycles. The molecule has 0 radical (unpaired) electrons. The van der Waals surface area contributed by atoms with Crippen LogP contribution in [0.15, 0.2) is 24.3 Å². The van der Waals surface area contributed by atoms with Crippen molar-refractivity contribution in [3.8, 4) is 0 Å². The zero-order valence-electron chi connectivity index (χ0n) is 12.1. The lowest BCUT2D eigenvalue weighted by molar-refractivity contribution is -0.140. The first-order valence-corrected chi connectivity index (χ1v) is 7.75. The van der Waals surface area contributed by atoms with Crippen molar-refractivity contribution in [3.63, 3.8) is 0 Å². The van der Waals surface area contributed by atoms with Gasteiger partial charge < -0.3 is 5.11 Å². The van der Waals surface area contributed by atoms with Gasteiger partial charge in [0, 0.05) is 19.1 Å². The first-order valence-electron chi connectivity index (χ1n) is 7.75. The Balaban J connectivity index is 1.88. The molecule has 0 aromatic heterocycles. The standard InChI is InChI=1S/C17H23NO2/c1-2-12-7-5-9-16(12)18-10-13-6-3-4-8-14(13)15(11-18)17(19)20/h3-4,6,8,12,15-16H,2,5,7,9-11H2,1H3,(H,19,20). The van der Waals surface area contributed by atoms with Gasteiger partial charge in [0.15, 0.2) is 0 Å². The summed E-state index contributed by atoms with van der Waals surface area (Å²) in [6, 6.07) is 8.63. The van der Waals surface area contributed by atoms with Gasteiger partial charge in [-0.1, -0.05) is 44.0 Å². The van der Waals surface area contributed by atoms with Crippen LogP contribution in [0.25, 0.3) is 0 Å². The summed E-state index contributed by atoms with van der Waals surface area (Å²) in [5, 5.41) is 9.54. The van der Waals surface area contributed by atoms with Crippen molar-refractivity contribution in [3.05, 3.63) is 35.4 Å². The fourth-order valence-electron chi connectivity index (χ4n) is 4.07. The minimum absolute atomic E-state index is 0.363. The molecule has 1 fully saturated rings. The molecule has 3 heteroatoms. The Morgan fingerprint density at radius 2 is 2.15 bits per heavy atom. The molecule has 1 aromatic rings. The second-order valence-electron chi connectivity index (χ2n) is 6.19. The number of hydrogen-bond acceptors (Lipinski definition) is 2. The van der Waals surface area contributed by atoms with Gasteiger partial charge in [0.2, 0.25) is 0 Å². The van der Waals surface area contributed by atoms with E-state index in [0.717, 1.165) is 18.0 Å². The van der Waals surface area contributed by atoms with Crippen LogP contribution in [0.5, 0.6) is 0 Å². The quantitative estimate of drug-likeness (QED) is 0.919. The molecule has 0 saturated heterocycles. The Labute approximate surface area is 120 Å². The monoisotopic (exact) mass is 273 g/mol. The highest BCUT2D eigenvalue weighted by Gasteiger charge is 2.37. The maximum atomic E-state index is 11.6. The minimum Gasteiger partial charge on any atom is -0.481 e. The highest BCUT2D eigenvalue weighted by molar-refractivity contribution is 5.77. The molecule has 3 unspecified atom stereocenters. The zero-order chi connectivity index (χ0) is 14.1. The van der Waals surface area contributed by atoms with E-state index in [1.807, 2.05) is 18.2 Å². The van der Waals surface area contributed by atoms with E-state index in [-0.39, 0.29) is 5.92 Å². The fourth-order valence-corrected chi connectivity index (χ4v) is 4.07. The largest absolute Gasteiger partial charge is 0.481 e. The van der Waals surface area contributed by atoms with Crippen molar-refractivity contribution in [1.29, 1.82) is 0 Å². The van der Waals surface area contributed by atoms with Gasteiger partial charge >= 0.3 is 5.97 Å². The van der Waals surface area contributed by atoms with Gasteiger partial charge in [0.05, 0.1) is 5.92 Å². The highest BCUT2D eigenvalue weighted by Crippen LogP contribution is 2.37. The van der Waals surface area contributed by atoms with Gasteiger partial charge in [-0.3, -0.25) is 9.69 Å². The number of carboxylic acid groups (broad SMARTS) is 1. The first-order chi connectivity index (χ1) is 9.70. The Morgan fingerprint density at radius 3 is 2.90 bits per heavy atom. The van der Waals surface area contributed by atoms with Gasteiger partial charge in [-0.05, 0) is 29.9 Å². The Bertz CT molecular complexity index is 500. The van der Waals surface area contributed by atoms with Crippen LogP contribution in [0, 0.1) is 5.92 Å².